The minimum Gasteiger partial charge on any atom is -0.483 e. The Morgan fingerprint density at radius 3 is 2.58 bits per heavy atom. The fourth-order valence-electron chi connectivity index (χ4n) is 3.74. The third-order valence-corrected chi connectivity index (χ3v) is 6.33. The second-order valence-corrected chi connectivity index (χ2v) is 8.93. The monoisotopic (exact) mass is 482 g/mol. The highest BCUT2D eigenvalue weighted by molar-refractivity contribution is 9.10. The number of benzene rings is 2. The molecule has 1 aliphatic rings. The van der Waals surface area contributed by atoms with E-state index in [-0.39, 0.29) is 18.4 Å². The van der Waals surface area contributed by atoms with E-state index in [1.54, 1.807) is 0 Å². The molecule has 1 aromatic heterocycles. The van der Waals surface area contributed by atoms with Gasteiger partial charge in [-0.2, -0.15) is 0 Å². The summed E-state index contributed by atoms with van der Waals surface area (Å²) >= 11 is 3.61. The first kappa shape index (κ1) is 21.6. The first-order chi connectivity index (χ1) is 14.9. The molecule has 0 atom stereocenters. The highest BCUT2D eigenvalue weighted by Crippen LogP contribution is 2.33. The van der Waals surface area contributed by atoms with E-state index in [1.807, 2.05) is 48.2 Å². The quantitative estimate of drug-likeness (QED) is 0.533. The minimum absolute atomic E-state index is 0.00134. The molecular formula is C24H27BrN4O2. The SMILES string of the molecule is Cc1cc(N2CCN(C(=O)COc3ccc4ccccc4c3Br)CC2)nc(C(C)C)n1. The fraction of sp³-hybridized carbons (Fsp3) is 0.375. The summed E-state index contributed by atoms with van der Waals surface area (Å²) < 4.78 is 6.73. The summed E-state index contributed by atoms with van der Waals surface area (Å²) in [5.41, 5.74) is 0.974. The third kappa shape index (κ3) is 4.82. The highest BCUT2D eigenvalue weighted by atomic mass is 79.9. The van der Waals surface area contributed by atoms with Crippen LogP contribution in [0.2, 0.25) is 0 Å². The second kappa shape index (κ2) is 9.22. The molecule has 6 nitrogen and oxygen atoms in total. The number of rotatable bonds is 5. The molecule has 0 N–H and O–H groups in total. The largest absolute Gasteiger partial charge is 0.483 e. The summed E-state index contributed by atoms with van der Waals surface area (Å²) in [5, 5.41) is 2.20. The number of fused-ring (bicyclic) bond motifs is 1. The Balaban J connectivity index is 1.35. The van der Waals surface area contributed by atoms with E-state index < -0.39 is 0 Å². The highest BCUT2D eigenvalue weighted by Gasteiger charge is 2.23. The van der Waals surface area contributed by atoms with Gasteiger partial charge in [0.25, 0.3) is 5.91 Å². The summed E-state index contributed by atoms with van der Waals surface area (Å²) in [7, 11) is 0. The van der Waals surface area contributed by atoms with Gasteiger partial charge in [-0.3, -0.25) is 4.79 Å². The van der Waals surface area contributed by atoms with Gasteiger partial charge < -0.3 is 14.5 Å². The van der Waals surface area contributed by atoms with Gasteiger partial charge in [0.2, 0.25) is 0 Å². The number of halogens is 1. The van der Waals surface area contributed by atoms with E-state index in [4.69, 9.17) is 9.72 Å². The molecule has 2 heterocycles. The van der Waals surface area contributed by atoms with Crippen molar-refractivity contribution in [2.75, 3.05) is 37.7 Å². The number of ether oxygens (including phenoxy) is 1. The van der Waals surface area contributed by atoms with Gasteiger partial charge >= 0.3 is 0 Å². The van der Waals surface area contributed by atoms with Gasteiger partial charge in [0.15, 0.2) is 6.61 Å². The number of carbonyl (C=O) groups excluding carboxylic acids is 1. The molecule has 3 aromatic rings. The van der Waals surface area contributed by atoms with E-state index in [0.29, 0.717) is 18.8 Å². The van der Waals surface area contributed by atoms with E-state index in [9.17, 15) is 4.79 Å². The standard InChI is InChI=1S/C24H27BrN4O2/c1-16(2)24-26-17(3)14-21(27-24)28-10-12-29(13-11-28)22(30)15-31-20-9-8-18-6-4-5-7-19(18)23(20)25/h4-9,14,16H,10-13,15H2,1-3H3. The van der Waals surface area contributed by atoms with Crippen molar-refractivity contribution in [3.05, 3.63) is 58.5 Å². The van der Waals surface area contributed by atoms with Crippen molar-refractivity contribution < 1.29 is 9.53 Å². The molecule has 0 saturated carbocycles. The number of hydrogen-bond acceptors (Lipinski definition) is 5. The van der Waals surface area contributed by atoms with Crippen LogP contribution in [-0.2, 0) is 4.79 Å². The Labute approximate surface area is 191 Å². The van der Waals surface area contributed by atoms with Crippen LogP contribution < -0.4 is 9.64 Å². The predicted octanol–water partition coefficient (Wildman–Crippen LogP) is 4.55. The Kier molecular flexibility index (Phi) is 6.41. The summed E-state index contributed by atoms with van der Waals surface area (Å²) in [6.07, 6.45) is 0. The Morgan fingerprint density at radius 2 is 1.84 bits per heavy atom. The normalized spacial score (nSPS) is 14.4. The molecule has 31 heavy (non-hydrogen) atoms. The molecule has 4 rings (SSSR count). The fourth-order valence-corrected chi connectivity index (χ4v) is 4.34. The Morgan fingerprint density at radius 1 is 1.10 bits per heavy atom. The van der Waals surface area contributed by atoms with E-state index in [0.717, 1.165) is 45.7 Å². The molecule has 1 saturated heterocycles. The smallest absolute Gasteiger partial charge is 0.260 e. The Hall–Kier alpha value is -2.67. The lowest BCUT2D eigenvalue weighted by molar-refractivity contribution is -0.133. The minimum atomic E-state index is 0.00134. The lowest BCUT2D eigenvalue weighted by Gasteiger charge is -2.35. The third-order valence-electron chi connectivity index (χ3n) is 5.51. The van der Waals surface area contributed by atoms with Crippen LogP contribution in [0, 0.1) is 6.92 Å². The summed E-state index contributed by atoms with van der Waals surface area (Å²) in [4.78, 5) is 26.1. The van der Waals surface area contributed by atoms with E-state index in [2.05, 4.69) is 45.7 Å². The van der Waals surface area contributed by atoms with Gasteiger partial charge in [-0.1, -0.05) is 44.2 Å². The average Bonchev–Trinajstić information content (AvgIpc) is 2.78. The van der Waals surface area contributed by atoms with Crippen molar-refractivity contribution in [3.63, 3.8) is 0 Å². The van der Waals surface area contributed by atoms with E-state index >= 15 is 0 Å². The maximum atomic E-state index is 12.7. The zero-order chi connectivity index (χ0) is 22.0. The van der Waals surface area contributed by atoms with Gasteiger partial charge in [-0.05, 0) is 39.7 Å². The van der Waals surface area contributed by atoms with Gasteiger partial charge in [0.05, 0.1) is 4.47 Å². The van der Waals surface area contributed by atoms with Crippen molar-refractivity contribution in [1.29, 1.82) is 0 Å². The van der Waals surface area contributed by atoms with Crippen molar-refractivity contribution in [3.8, 4) is 5.75 Å². The van der Waals surface area contributed by atoms with Crippen LogP contribution in [0.4, 0.5) is 5.82 Å². The van der Waals surface area contributed by atoms with Gasteiger partial charge in [0.1, 0.15) is 17.4 Å². The van der Waals surface area contributed by atoms with Crippen LogP contribution in [0.3, 0.4) is 0 Å². The maximum absolute atomic E-state index is 12.7. The lowest BCUT2D eigenvalue weighted by atomic mass is 10.1. The number of amides is 1. The molecule has 2 aromatic carbocycles. The van der Waals surface area contributed by atoms with Crippen LogP contribution in [0.25, 0.3) is 10.8 Å². The molecule has 1 aliphatic heterocycles. The Bertz CT molecular complexity index is 1090. The first-order valence-corrected chi connectivity index (χ1v) is 11.4. The molecule has 0 bridgehead atoms. The number of aromatic nitrogens is 2. The average molecular weight is 483 g/mol. The van der Waals surface area contributed by atoms with Crippen LogP contribution in [0.1, 0.15) is 31.3 Å². The van der Waals surface area contributed by atoms with Gasteiger partial charge in [-0.15, -0.1) is 0 Å². The molecule has 0 aliphatic carbocycles. The van der Waals surface area contributed by atoms with Gasteiger partial charge in [-0.25, -0.2) is 9.97 Å². The van der Waals surface area contributed by atoms with Crippen LogP contribution in [-0.4, -0.2) is 53.6 Å². The number of piperazine rings is 1. The molecule has 0 radical (unpaired) electrons. The number of hydrogen-bond donors (Lipinski definition) is 0. The molecule has 162 valence electrons. The molecule has 1 fully saturated rings. The maximum Gasteiger partial charge on any atom is 0.260 e. The molecule has 0 spiro atoms. The van der Waals surface area contributed by atoms with Crippen LogP contribution in [0.5, 0.6) is 5.75 Å². The van der Waals surface area contributed by atoms with Crippen molar-refractivity contribution >= 4 is 38.4 Å². The molecule has 7 heteroatoms. The number of aryl methyl sites for hydroxylation is 1. The van der Waals surface area contributed by atoms with Crippen molar-refractivity contribution in [1.82, 2.24) is 14.9 Å². The molecule has 1 amide bonds. The van der Waals surface area contributed by atoms with Crippen LogP contribution >= 0.6 is 15.9 Å². The summed E-state index contributed by atoms with van der Waals surface area (Å²) in [6.45, 7) is 9.04. The molecular weight excluding hydrogens is 456 g/mol. The predicted molar refractivity (Wildman–Crippen MR) is 127 cm³/mol. The van der Waals surface area contributed by atoms with Gasteiger partial charge in [0, 0.05) is 43.9 Å². The number of carbonyl (C=O) groups is 1. The lowest BCUT2D eigenvalue weighted by Crippen LogP contribution is -2.50. The van der Waals surface area contributed by atoms with Crippen LogP contribution in [0.15, 0.2) is 46.9 Å². The topological polar surface area (TPSA) is 58.6 Å². The van der Waals surface area contributed by atoms with E-state index in [1.165, 1.54) is 0 Å². The zero-order valence-corrected chi connectivity index (χ0v) is 19.7. The first-order valence-electron chi connectivity index (χ1n) is 10.6. The summed E-state index contributed by atoms with van der Waals surface area (Å²) in [5.74, 6) is 2.78. The van der Waals surface area contributed by atoms with Crippen molar-refractivity contribution in [2.24, 2.45) is 0 Å². The van der Waals surface area contributed by atoms with Crippen molar-refractivity contribution in [2.45, 2.75) is 26.7 Å². The number of anilines is 1. The molecule has 0 unspecified atom stereocenters. The second-order valence-electron chi connectivity index (χ2n) is 8.14. The summed E-state index contributed by atoms with van der Waals surface area (Å²) in [6, 6.07) is 14.0. The zero-order valence-electron chi connectivity index (χ0n) is 18.1. The number of nitrogens with zero attached hydrogens (tertiary/aromatic N) is 4.